The van der Waals surface area contributed by atoms with Crippen molar-refractivity contribution < 1.29 is 14.2 Å². The summed E-state index contributed by atoms with van der Waals surface area (Å²) >= 11 is 0. The second-order valence-electron chi connectivity index (χ2n) is 7.13. The zero-order valence-electron chi connectivity index (χ0n) is 17.7. The molecule has 0 radical (unpaired) electrons. The van der Waals surface area contributed by atoms with Crippen molar-refractivity contribution in [3.05, 3.63) is 59.7 Å². The summed E-state index contributed by atoms with van der Waals surface area (Å²) in [5, 5.41) is 6.72. The predicted molar refractivity (Wildman–Crippen MR) is 131 cm³/mol. The molecule has 0 unspecified atom stereocenters. The Labute approximate surface area is 196 Å². The molecule has 1 saturated carbocycles. The van der Waals surface area contributed by atoms with Gasteiger partial charge in [-0.15, -0.1) is 24.0 Å². The highest BCUT2D eigenvalue weighted by molar-refractivity contribution is 14.0. The molecule has 30 heavy (non-hydrogen) atoms. The number of aliphatic imine (C=N–C) groups is 1. The molecule has 0 heterocycles. The normalized spacial score (nSPS) is 13.3. The van der Waals surface area contributed by atoms with Crippen LogP contribution in [-0.2, 0) is 17.8 Å². The number of ether oxygens (including phenoxy) is 3. The van der Waals surface area contributed by atoms with Crippen LogP contribution in [0.4, 0.5) is 0 Å². The maximum Gasteiger partial charge on any atom is 0.191 e. The number of para-hydroxylation sites is 1. The minimum absolute atomic E-state index is 0. The first-order valence-corrected chi connectivity index (χ1v) is 10.1. The van der Waals surface area contributed by atoms with Gasteiger partial charge in [-0.2, -0.15) is 0 Å². The lowest BCUT2D eigenvalue weighted by atomic mass is 10.2. The van der Waals surface area contributed by atoms with E-state index in [1.165, 1.54) is 12.8 Å². The lowest BCUT2D eigenvalue weighted by Gasteiger charge is -2.15. The van der Waals surface area contributed by atoms with Crippen molar-refractivity contribution in [3.63, 3.8) is 0 Å². The van der Waals surface area contributed by atoms with Crippen LogP contribution in [0.2, 0.25) is 0 Å². The topological polar surface area (TPSA) is 64.1 Å². The molecule has 0 aromatic heterocycles. The number of rotatable bonds is 11. The molecule has 2 aromatic rings. The number of nitrogens with one attached hydrogen (secondary N) is 2. The van der Waals surface area contributed by atoms with Gasteiger partial charge in [0.1, 0.15) is 18.1 Å². The molecular formula is C23H32IN3O3. The molecule has 2 aromatic carbocycles. The Balaban J connectivity index is 0.00000320. The lowest BCUT2D eigenvalue weighted by molar-refractivity contribution is 0.146. The summed E-state index contributed by atoms with van der Waals surface area (Å²) < 4.78 is 16.7. The Morgan fingerprint density at radius 2 is 1.80 bits per heavy atom. The molecule has 0 bridgehead atoms. The second kappa shape index (κ2) is 13.3. The minimum Gasteiger partial charge on any atom is -0.493 e. The zero-order chi connectivity index (χ0) is 20.3. The van der Waals surface area contributed by atoms with Crippen molar-refractivity contribution in [1.82, 2.24) is 10.6 Å². The first-order chi connectivity index (χ1) is 14.3. The number of hydrogen-bond acceptors (Lipinski definition) is 4. The van der Waals surface area contributed by atoms with Crippen LogP contribution in [0.15, 0.2) is 53.5 Å². The van der Waals surface area contributed by atoms with Gasteiger partial charge in [-0.1, -0.05) is 30.3 Å². The van der Waals surface area contributed by atoms with Crippen LogP contribution in [0.3, 0.4) is 0 Å². The van der Waals surface area contributed by atoms with Gasteiger partial charge in [0.15, 0.2) is 5.96 Å². The molecule has 0 spiro atoms. The second-order valence-corrected chi connectivity index (χ2v) is 7.13. The maximum absolute atomic E-state index is 5.99. The van der Waals surface area contributed by atoms with E-state index in [1.54, 1.807) is 14.2 Å². The van der Waals surface area contributed by atoms with E-state index in [4.69, 9.17) is 14.2 Å². The molecule has 1 aliphatic carbocycles. The van der Waals surface area contributed by atoms with E-state index < -0.39 is 0 Å². The Morgan fingerprint density at radius 3 is 2.57 bits per heavy atom. The molecule has 1 fully saturated rings. The fourth-order valence-corrected chi connectivity index (χ4v) is 2.86. The standard InChI is InChI=1S/C23H31N3O3.HI/c1-24-23(25-15-19-6-5-8-21(14-19)28-13-12-27-2)26-16-20-7-3-4-9-22(20)29-17-18-10-11-18;/h3-9,14,18H,10-13,15-17H2,1-2H3,(H2,24,25,26);1H. The average molecular weight is 525 g/mol. The van der Waals surface area contributed by atoms with Crippen LogP contribution in [0.25, 0.3) is 0 Å². The van der Waals surface area contributed by atoms with Crippen molar-refractivity contribution in [2.45, 2.75) is 25.9 Å². The average Bonchev–Trinajstić information content (AvgIpc) is 3.58. The van der Waals surface area contributed by atoms with Gasteiger partial charge in [0.05, 0.1) is 13.2 Å². The summed E-state index contributed by atoms with van der Waals surface area (Å²) in [6, 6.07) is 16.2. The minimum atomic E-state index is 0. The molecule has 0 saturated heterocycles. The van der Waals surface area contributed by atoms with Crippen LogP contribution in [0, 0.1) is 5.92 Å². The van der Waals surface area contributed by atoms with Crippen molar-refractivity contribution in [1.29, 1.82) is 0 Å². The van der Waals surface area contributed by atoms with E-state index in [2.05, 4.69) is 27.8 Å². The third kappa shape index (κ3) is 8.39. The van der Waals surface area contributed by atoms with Crippen molar-refractivity contribution >= 4 is 29.9 Å². The summed E-state index contributed by atoms with van der Waals surface area (Å²) in [6.07, 6.45) is 2.57. The van der Waals surface area contributed by atoms with Gasteiger partial charge in [0, 0.05) is 32.8 Å². The molecule has 164 valence electrons. The van der Waals surface area contributed by atoms with Gasteiger partial charge in [-0.25, -0.2) is 0 Å². The maximum atomic E-state index is 5.99. The predicted octanol–water partition coefficient (Wildman–Crippen LogP) is 3.98. The number of benzene rings is 2. The number of hydrogen-bond donors (Lipinski definition) is 2. The quantitative estimate of drug-likeness (QED) is 0.201. The molecule has 0 amide bonds. The number of methoxy groups -OCH3 is 1. The van der Waals surface area contributed by atoms with Gasteiger partial charge < -0.3 is 24.8 Å². The first kappa shape index (κ1) is 24.3. The van der Waals surface area contributed by atoms with Crippen LogP contribution in [0.1, 0.15) is 24.0 Å². The third-order valence-electron chi connectivity index (χ3n) is 4.73. The number of halogens is 1. The van der Waals surface area contributed by atoms with Gasteiger partial charge in [-0.05, 0) is 42.5 Å². The number of nitrogens with zero attached hydrogens (tertiary/aromatic N) is 1. The largest absolute Gasteiger partial charge is 0.493 e. The fraction of sp³-hybridized carbons (Fsp3) is 0.435. The SMILES string of the molecule is CN=C(NCc1cccc(OCCOC)c1)NCc1ccccc1OCC1CC1.I. The van der Waals surface area contributed by atoms with Crippen molar-refractivity contribution in [3.8, 4) is 11.5 Å². The van der Waals surface area contributed by atoms with E-state index in [-0.39, 0.29) is 24.0 Å². The Bertz CT molecular complexity index is 797. The third-order valence-corrected chi connectivity index (χ3v) is 4.73. The molecule has 3 rings (SSSR count). The van der Waals surface area contributed by atoms with E-state index in [0.717, 1.165) is 41.1 Å². The van der Waals surface area contributed by atoms with Gasteiger partial charge in [0.25, 0.3) is 0 Å². The number of guanidine groups is 1. The molecule has 0 atom stereocenters. The van der Waals surface area contributed by atoms with Gasteiger partial charge in [0.2, 0.25) is 0 Å². The van der Waals surface area contributed by atoms with E-state index in [0.29, 0.717) is 26.3 Å². The highest BCUT2D eigenvalue weighted by atomic mass is 127. The van der Waals surface area contributed by atoms with Crippen LogP contribution in [-0.4, -0.2) is 39.9 Å². The first-order valence-electron chi connectivity index (χ1n) is 10.1. The highest BCUT2D eigenvalue weighted by Crippen LogP contribution is 2.30. The lowest BCUT2D eigenvalue weighted by Crippen LogP contribution is -2.36. The van der Waals surface area contributed by atoms with Gasteiger partial charge in [-0.3, -0.25) is 4.99 Å². The fourth-order valence-electron chi connectivity index (χ4n) is 2.86. The summed E-state index contributed by atoms with van der Waals surface area (Å²) in [4.78, 5) is 4.32. The summed E-state index contributed by atoms with van der Waals surface area (Å²) in [7, 11) is 3.44. The Hall–Kier alpha value is -2.00. The molecule has 1 aliphatic rings. The van der Waals surface area contributed by atoms with Crippen molar-refractivity contribution in [2.75, 3.05) is 34.0 Å². The van der Waals surface area contributed by atoms with Crippen molar-refractivity contribution in [2.24, 2.45) is 10.9 Å². The van der Waals surface area contributed by atoms with Crippen LogP contribution < -0.4 is 20.1 Å². The van der Waals surface area contributed by atoms with E-state index >= 15 is 0 Å². The Kier molecular flexibility index (Phi) is 10.8. The Morgan fingerprint density at radius 1 is 1.00 bits per heavy atom. The summed E-state index contributed by atoms with van der Waals surface area (Å²) in [6.45, 7) is 3.23. The smallest absolute Gasteiger partial charge is 0.191 e. The van der Waals surface area contributed by atoms with Crippen LogP contribution >= 0.6 is 24.0 Å². The summed E-state index contributed by atoms with van der Waals surface area (Å²) in [5.41, 5.74) is 2.25. The highest BCUT2D eigenvalue weighted by Gasteiger charge is 2.22. The summed E-state index contributed by atoms with van der Waals surface area (Å²) in [5.74, 6) is 3.27. The van der Waals surface area contributed by atoms with E-state index in [9.17, 15) is 0 Å². The molecule has 7 heteroatoms. The van der Waals surface area contributed by atoms with Crippen LogP contribution in [0.5, 0.6) is 11.5 Å². The van der Waals surface area contributed by atoms with Gasteiger partial charge >= 0.3 is 0 Å². The molecule has 2 N–H and O–H groups in total. The zero-order valence-corrected chi connectivity index (χ0v) is 20.1. The molecule has 0 aliphatic heterocycles. The molecule has 6 nitrogen and oxygen atoms in total. The van der Waals surface area contributed by atoms with E-state index in [1.807, 2.05) is 36.4 Å². The molecular weight excluding hydrogens is 493 g/mol. The monoisotopic (exact) mass is 525 g/mol.